The van der Waals surface area contributed by atoms with Crippen molar-refractivity contribution in [1.82, 2.24) is 0 Å². The van der Waals surface area contributed by atoms with Gasteiger partial charge < -0.3 is 4.74 Å². The van der Waals surface area contributed by atoms with Crippen molar-refractivity contribution in [2.45, 2.75) is 13.0 Å². The quantitative estimate of drug-likeness (QED) is 0.235. The summed E-state index contributed by atoms with van der Waals surface area (Å²) in [6.07, 6.45) is 0.271. The highest BCUT2D eigenvalue weighted by Gasteiger charge is 2.13. The minimum atomic E-state index is -0.206. The molecule has 0 unspecified atom stereocenters. The highest BCUT2D eigenvalue weighted by molar-refractivity contribution is 6.23. The van der Waals surface area contributed by atoms with Crippen LogP contribution in [0.5, 0.6) is 0 Å². The molecule has 0 spiro atoms. The summed E-state index contributed by atoms with van der Waals surface area (Å²) in [5.74, 6) is -0.206. The first-order valence-electron chi connectivity index (χ1n) is 10.6. The van der Waals surface area contributed by atoms with E-state index < -0.39 is 0 Å². The minimum Gasteiger partial charge on any atom is -0.461 e. The fourth-order valence-corrected chi connectivity index (χ4v) is 4.73. The molecule has 0 N–H and O–H groups in total. The molecular formula is C29H20O2. The molecule has 0 atom stereocenters. The minimum absolute atomic E-state index is 0.206. The normalized spacial score (nSPS) is 11.6. The van der Waals surface area contributed by atoms with Gasteiger partial charge in [-0.2, -0.15) is 0 Å². The van der Waals surface area contributed by atoms with Gasteiger partial charge in [-0.05, 0) is 54.2 Å². The van der Waals surface area contributed by atoms with E-state index in [1.807, 2.05) is 24.3 Å². The second kappa shape index (κ2) is 7.10. The first-order chi connectivity index (χ1) is 15.3. The average Bonchev–Trinajstić information content (AvgIpc) is 2.82. The lowest BCUT2D eigenvalue weighted by molar-refractivity contribution is -0.144. The van der Waals surface area contributed by atoms with Gasteiger partial charge in [-0.3, -0.25) is 4.79 Å². The smallest absolute Gasteiger partial charge is 0.310 e. The molecule has 0 aliphatic rings. The molecule has 6 aromatic carbocycles. The molecule has 2 heteroatoms. The summed E-state index contributed by atoms with van der Waals surface area (Å²) in [5, 5.41) is 9.61. The molecular weight excluding hydrogens is 380 g/mol. The van der Waals surface area contributed by atoms with Gasteiger partial charge in [-0.25, -0.2) is 0 Å². The zero-order chi connectivity index (χ0) is 20.8. The van der Waals surface area contributed by atoms with E-state index in [1.165, 1.54) is 26.9 Å². The summed E-state index contributed by atoms with van der Waals surface area (Å²) in [5.41, 5.74) is 2.04. The highest BCUT2D eigenvalue weighted by atomic mass is 16.5. The molecule has 0 amide bonds. The number of benzene rings is 6. The van der Waals surface area contributed by atoms with Crippen LogP contribution in [0.4, 0.5) is 0 Å². The maximum atomic E-state index is 12.7. The van der Waals surface area contributed by atoms with Crippen LogP contribution in [-0.2, 0) is 22.6 Å². The second-order valence-electron chi connectivity index (χ2n) is 8.06. The summed E-state index contributed by atoms with van der Waals surface area (Å²) >= 11 is 0. The fourth-order valence-electron chi connectivity index (χ4n) is 4.73. The standard InChI is InChI=1S/C29H20O2/c30-27(17-23-9-3-6-19-5-1-2-10-25(19)23)31-18-24-14-13-22-12-11-20-7-4-8-21-15-16-26(24)29(22)28(20)21/h1-16H,17-18H2. The van der Waals surface area contributed by atoms with Crippen molar-refractivity contribution in [3.8, 4) is 0 Å². The number of ether oxygens (including phenoxy) is 1. The first-order valence-corrected chi connectivity index (χ1v) is 10.6. The Labute approximate surface area is 180 Å². The SMILES string of the molecule is O=C(Cc1cccc2ccccc12)OCc1ccc2ccc3cccc4ccc1c2c34. The monoisotopic (exact) mass is 400 g/mol. The third kappa shape index (κ3) is 3.00. The molecule has 148 valence electrons. The van der Waals surface area contributed by atoms with E-state index in [2.05, 4.69) is 72.8 Å². The number of carbonyl (C=O) groups excluding carboxylic acids is 1. The van der Waals surface area contributed by atoms with E-state index in [0.717, 1.165) is 27.3 Å². The van der Waals surface area contributed by atoms with Crippen LogP contribution in [0.25, 0.3) is 43.1 Å². The average molecular weight is 400 g/mol. The summed E-state index contributed by atoms with van der Waals surface area (Å²) in [4.78, 5) is 12.7. The predicted molar refractivity (Wildman–Crippen MR) is 128 cm³/mol. The van der Waals surface area contributed by atoms with E-state index in [1.54, 1.807) is 0 Å². The zero-order valence-corrected chi connectivity index (χ0v) is 17.0. The predicted octanol–water partition coefficient (Wildman–Crippen LogP) is 7.02. The highest BCUT2D eigenvalue weighted by Crippen LogP contribution is 2.36. The van der Waals surface area contributed by atoms with Crippen molar-refractivity contribution >= 4 is 49.1 Å². The largest absolute Gasteiger partial charge is 0.461 e. The van der Waals surface area contributed by atoms with E-state index in [0.29, 0.717) is 0 Å². The lowest BCUT2D eigenvalue weighted by Crippen LogP contribution is -2.08. The van der Waals surface area contributed by atoms with Crippen LogP contribution in [0.1, 0.15) is 11.1 Å². The topological polar surface area (TPSA) is 26.3 Å². The number of rotatable bonds is 4. The number of hydrogen-bond donors (Lipinski definition) is 0. The molecule has 31 heavy (non-hydrogen) atoms. The first kappa shape index (κ1) is 17.9. The van der Waals surface area contributed by atoms with E-state index >= 15 is 0 Å². The second-order valence-corrected chi connectivity index (χ2v) is 8.06. The zero-order valence-electron chi connectivity index (χ0n) is 17.0. The fraction of sp³-hybridized carbons (Fsp3) is 0.0690. The van der Waals surface area contributed by atoms with Crippen LogP contribution in [0, 0.1) is 0 Å². The van der Waals surface area contributed by atoms with Crippen LogP contribution < -0.4 is 0 Å². The van der Waals surface area contributed by atoms with Crippen LogP contribution in [0.15, 0.2) is 97.1 Å². The van der Waals surface area contributed by atoms with Crippen molar-refractivity contribution in [3.05, 3.63) is 108 Å². The molecule has 0 aromatic heterocycles. The van der Waals surface area contributed by atoms with Crippen molar-refractivity contribution in [3.63, 3.8) is 0 Å². The van der Waals surface area contributed by atoms with Crippen LogP contribution in [-0.4, -0.2) is 5.97 Å². The molecule has 0 bridgehead atoms. The van der Waals surface area contributed by atoms with Crippen molar-refractivity contribution in [2.24, 2.45) is 0 Å². The number of carbonyl (C=O) groups is 1. The van der Waals surface area contributed by atoms with Crippen LogP contribution in [0.3, 0.4) is 0 Å². The Hall–Kier alpha value is -3.91. The summed E-state index contributed by atoms with van der Waals surface area (Å²) in [6.45, 7) is 0.276. The van der Waals surface area contributed by atoms with Gasteiger partial charge in [-0.1, -0.05) is 97.1 Å². The molecule has 0 saturated carbocycles. The van der Waals surface area contributed by atoms with E-state index in [4.69, 9.17) is 4.74 Å². The number of esters is 1. The van der Waals surface area contributed by atoms with Gasteiger partial charge in [0.05, 0.1) is 6.42 Å². The number of fused-ring (bicyclic) bond motifs is 1. The summed E-state index contributed by atoms with van der Waals surface area (Å²) in [6, 6.07) is 33.4. The van der Waals surface area contributed by atoms with Gasteiger partial charge in [0.15, 0.2) is 0 Å². The van der Waals surface area contributed by atoms with Crippen LogP contribution >= 0.6 is 0 Å². The summed E-state index contributed by atoms with van der Waals surface area (Å²) in [7, 11) is 0. The lowest BCUT2D eigenvalue weighted by atomic mass is 9.92. The van der Waals surface area contributed by atoms with Crippen molar-refractivity contribution < 1.29 is 9.53 Å². The molecule has 0 fully saturated rings. The maximum absolute atomic E-state index is 12.7. The van der Waals surface area contributed by atoms with Crippen LogP contribution in [0.2, 0.25) is 0 Å². The Kier molecular flexibility index (Phi) is 4.10. The molecule has 2 nitrogen and oxygen atoms in total. The Bertz CT molecular complexity index is 1560. The van der Waals surface area contributed by atoms with Gasteiger partial charge in [0.1, 0.15) is 6.61 Å². The number of hydrogen-bond acceptors (Lipinski definition) is 2. The Morgan fingerprint density at radius 1 is 0.548 bits per heavy atom. The Morgan fingerprint density at radius 3 is 2.06 bits per heavy atom. The Morgan fingerprint density at radius 2 is 1.19 bits per heavy atom. The third-order valence-electron chi connectivity index (χ3n) is 6.22. The van der Waals surface area contributed by atoms with Gasteiger partial charge >= 0.3 is 5.97 Å². The lowest BCUT2D eigenvalue weighted by Gasteiger charge is -2.14. The molecule has 0 radical (unpaired) electrons. The molecule has 0 heterocycles. The molecule has 0 aliphatic carbocycles. The van der Waals surface area contributed by atoms with Gasteiger partial charge in [0, 0.05) is 0 Å². The molecule has 6 aromatic rings. The Balaban J connectivity index is 1.31. The van der Waals surface area contributed by atoms with E-state index in [9.17, 15) is 4.79 Å². The van der Waals surface area contributed by atoms with Crippen molar-refractivity contribution in [1.29, 1.82) is 0 Å². The van der Waals surface area contributed by atoms with E-state index in [-0.39, 0.29) is 19.0 Å². The maximum Gasteiger partial charge on any atom is 0.310 e. The summed E-state index contributed by atoms with van der Waals surface area (Å²) < 4.78 is 5.73. The van der Waals surface area contributed by atoms with Gasteiger partial charge in [-0.15, -0.1) is 0 Å². The molecule has 0 aliphatic heterocycles. The van der Waals surface area contributed by atoms with Gasteiger partial charge in [0.25, 0.3) is 0 Å². The molecule has 6 rings (SSSR count). The molecule has 0 saturated heterocycles. The third-order valence-corrected chi connectivity index (χ3v) is 6.22. The van der Waals surface area contributed by atoms with Gasteiger partial charge in [0.2, 0.25) is 0 Å². The van der Waals surface area contributed by atoms with Crippen molar-refractivity contribution in [2.75, 3.05) is 0 Å².